The number of carbonyl (C=O) groups is 2. The summed E-state index contributed by atoms with van der Waals surface area (Å²) in [6.45, 7) is 1.91. The number of para-hydroxylation sites is 1. The molecule has 0 saturated heterocycles. The summed E-state index contributed by atoms with van der Waals surface area (Å²) < 4.78 is 0. The molecular weight excluding hydrogens is 192 g/mol. The van der Waals surface area contributed by atoms with Crippen LogP contribution in [0.4, 0.5) is 5.69 Å². The highest BCUT2D eigenvalue weighted by molar-refractivity contribution is 6.07. The number of ketones is 1. The lowest BCUT2D eigenvalue weighted by Crippen LogP contribution is -2.15. The second-order valence-corrected chi connectivity index (χ2v) is 3.30. The third kappa shape index (κ3) is 2.34. The number of hydrogen-bond donors (Lipinski definition) is 2. The van der Waals surface area contributed by atoms with Crippen molar-refractivity contribution in [1.82, 2.24) is 0 Å². The average molecular weight is 206 g/mol. The number of primary amides is 1. The molecule has 0 fully saturated rings. The molecule has 0 aromatic heterocycles. The van der Waals surface area contributed by atoms with E-state index in [4.69, 9.17) is 11.5 Å². The Kier molecular flexibility index (Phi) is 3.44. The number of nitrogen functional groups attached to an aromatic ring is 1. The van der Waals surface area contributed by atoms with Crippen LogP contribution in [0.5, 0.6) is 0 Å². The first-order chi connectivity index (χ1) is 7.07. The van der Waals surface area contributed by atoms with Crippen LogP contribution in [-0.2, 0) is 0 Å². The molecule has 0 radical (unpaired) electrons. The molecule has 1 aromatic rings. The lowest BCUT2D eigenvalue weighted by atomic mass is 10.0. The minimum atomic E-state index is -0.612. The number of rotatable bonds is 4. The zero-order chi connectivity index (χ0) is 11.4. The van der Waals surface area contributed by atoms with E-state index in [1.807, 2.05) is 6.92 Å². The largest absolute Gasteiger partial charge is 0.397 e. The Hall–Kier alpha value is -1.84. The molecule has 0 saturated carbocycles. The van der Waals surface area contributed by atoms with E-state index in [9.17, 15) is 9.59 Å². The predicted molar refractivity (Wildman–Crippen MR) is 58.6 cm³/mol. The Morgan fingerprint density at radius 3 is 2.40 bits per heavy atom. The van der Waals surface area contributed by atoms with Gasteiger partial charge < -0.3 is 11.5 Å². The highest BCUT2D eigenvalue weighted by atomic mass is 16.1. The highest BCUT2D eigenvalue weighted by Gasteiger charge is 2.13. The Bertz CT molecular complexity index is 400. The number of amides is 1. The van der Waals surface area contributed by atoms with Gasteiger partial charge in [0.05, 0.1) is 11.3 Å². The summed E-state index contributed by atoms with van der Waals surface area (Å²) in [6, 6.07) is 4.74. The van der Waals surface area contributed by atoms with Gasteiger partial charge in [-0.2, -0.15) is 0 Å². The van der Waals surface area contributed by atoms with Gasteiger partial charge in [-0.15, -0.1) is 0 Å². The van der Waals surface area contributed by atoms with Crippen LogP contribution in [0.1, 0.15) is 40.5 Å². The summed E-state index contributed by atoms with van der Waals surface area (Å²) in [6.07, 6.45) is 1.17. The Labute approximate surface area is 88.3 Å². The minimum Gasteiger partial charge on any atom is -0.397 e. The molecule has 15 heavy (non-hydrogen) atoms. The predicted octanol–water partition coefficient (Wildman–Crippen LogP) is 1.35. The molecule has 0 bridgehead atoms. The summed E-state index contributed by atoms with van der Waals surface area (Å²) in [4.78, 5) is 22.6. The quantitative estimate of drug-likeness (QED) is 0.576. The fraction of sp³-hybridized carbons (Fsp3) is 0.273. The van der Waals surface area contributed by atoms with Crippen LogP contribution in [0.2, 0.25) is 0 Å². The van der Waals surface area contributed by atoms with Crippen LogP contribution in [0.3, 0.4) is 0 Å². The van der Waals surface area contributed by atoms with Crippen molar-refractivity contribution >= 4 is 17.4 Å². The number of anilines is 1. The molecule has 0 spiro atoms. The van der Waals surface area contributed by atoms with E-state index in [0.29, 0.717) is 12.0 Å². The van der Waals surface area contributed by atoms with Gasteiger partial charge in [0.1, 0.15) is 0 Å². The maximum absolute atomic E-state index is 11.6. The second-order valence-electron chi connectivity index (χ2n) is 3.30. The van der Waals surface area contributed by atoms with E-state index in [-0.39, 0.29) is 17.0 Å². The summed E-state index contributed by atoms with van der Waals surface area (Å²) in [5.74, 6) is -0.670. The van der Waals surface area contributed by atoms with Gasteiger partial charge in [0.25, 0.3) is 5.91 Å². The minimum absolute atomic E-state index is 0.0573. The number of carbonyl (C=O) groups excluding carboxylic acids is 2. The summed E-state index contributed by atoms with van der Waals surface area (Å²) in [5, 5.41) is 0. The highest BCUT2D eigenvalue weighted by Crippen LogP contribution is 2.19. The van der Waals surface area contributed by atoms with Gasteiger partial charge in [0, 0.05) is 12.0 Å². The van der Waals surface area contributed by atoms with Crippen molar-refractivity contribution in [2.45, 2.75) is 19.8 Å². The molecule has 1 rings (SSSR count). The van der Waals surface area contributed by atoms with E-state index in [1.54, 1.807) is 12.1 Å². The second kappa shape index (κ2) is 4.59. The molecule has 1 amide bonds. The maximum atomic E-state index is 11.6. The molecule has 0 aliphatic rings. The fourth-order valence-corrected chi connectivity index (χ4v) is 1.38. The normalized spacial score (nSPS) is 9.93. The van der Waals surface area contributed by atoms with Crippen LogP contribution in [0.15, 0.2) is 18.2 Å². The molecule has 1 aromatic carbocycles. The average Bonchev–Trinajstić information content (AvgIpc) is 2.17. The van der Waals surface area contributed by atoms with Crippen molar-refractivity contribution in [2.75, 3.05) is 5.73 Å². The van der Waals surface area contributed by atoms with Crippen LogP contribution in [-0.4, -0.2) is 11.7 Å². The lowest BCUT2D eigenvalue weighted by molar-refractivity contribution is 0.0982. The van der Waals surface area contributed by atoms with Crippen molar-refractivity contribution < 1.29 is 9.59 Å². The first-order valence-corrected chi connectivity index (χ1v) is 4.79. The van der Waals surface area contributed by atoms with Gasteiger partial charge in [-0.05, 0) is 18.6 Å². The third-order valence-corrected chi connectivity index (χ3v) is 2.15. The monoisotopic (exact) mass is 206 g/mol. The van der Waals surface area contributed by atoms with Crippen LogP contribution < -0.4 is 11.5 Å². The Balaban J connectivity index is 3.15. The summed E-state index contributed by atoms with van der Waals surface area (Å²) >= 11 is 0. The third-order valence-electron chi connectivity index (χ3n) is 2.15. The van der Waals surface area contributed by atoms with Crippen LogP contribution in [0.25, 0.3) is 0 Å². The smallest absolute Gasteiger partial charge is 0.250 e. The maximum Gasteiger partial charge on any atom is 0.250 e. The van der Waals surface area contributed by atoms with Crippen molar-refractivity contribution in [3.8, 4) is 0 Å². The van der Waals surface area contributed by atoms with Gasteiger partial charge in [-0.25, -0.2) is 0 Å². The molecular formula is C11H14N2O2. The van der Waals surface area contributed by atoms with Gasteiger partial charge in [0.2, 0.25) is 0 Å². The number of nitrogens with two attached hydrogens (primary N) is 2. The number of Topliss-reactive ketones (excluding diaryl/α,β-unsaturated/α-hetero) is 1. The van der Waals surface area contributed by atoms with E-state index in [1.165, 1.54) is 6.07 Å². The van der Waals surface area contributed by atoms with Crippen molar-refractivity contribution in [3.05, 3.63) is 29.3 Å². The summed E-state index contributed by atoms with van der Waals surface area (Å²) in [5.41, 5.74) is 11.6. The first kappa shape index (κ1) is 11.2. The van der Waals surface area contributed by atoms with E-state index < -0.39 is 5.91 Å². The van der Waals surface area contributed by atoms with Crippen molar-refractivity contribution in [1.29, 1.82) is 0 Å². The van der Waals surface area contributed by atoms with E-state index in [0.717, 1.165) is 6.42 Å². The number of benzene rings is 1. The molecule has 4 N–H and O–H groups in total. The fourth-order valence-electron chi connectivity index (χ4n) is 1.38. The Morgan fingerprint density at radius 1 is 1.27 bits per heavy atom. The molecule has 0 aliphatic heterocycles. The molecule has 0 aliphatic carbocycles. The van der Waals surface area contributed by atoms with Crippen molar-refractivity contribution in [2.24, 2.45) is 5.73 Å². The van der Waals surface area contributed by atoms with Crippen LogP contribution in [0, 0.1) is 0 Å². The summed E-state index contributed by atoms with van der Waals surface area (Å²) in [7, 11) is 0. The van der Waals surface area contributed by atoms with Gasteiger partial charge >= 0.3 is 0 Å². The van der Waals surface area contributed by atoms with Crippen molar-refractivity contribution in [3.63, 3.8) is 0 Å². The molecule has 0 unspecified atom stereocenters. The molecule has 4 nitrogen and oxygen atoms in total. The Morgan fingerprint density at radius 2 is 1.87 bits per heavy atom. The molecule has 0 heterocycles. The molecule has 80 valence electrons. The van der Waals surface area contributed by atoms with Gasteiger partial charge in [-0.1, -0.05) is 13.0 Å². The lowest BCUT2D eigenvalue weighted by Gasteiger charge is -2.07. The van der Waals surface area contributed by atoms with E-state index in [2.05, 4.69) is 0 Å². The zero-order valence-electron chi connectivity index (χ0n) is 8.62. The van der Waals surface area contributed by atoms with E-state index >= 15 is 0 Å². The SMILES string of the molecule is CCCC(=O)c1cccc(C(N)=O)c1N. The van der Waals surface area contributed by atoms with Gasteiger partial charge in [0.15, 0.2) is 5.78 Å². The number of hydrogen-bond acceptors (Lipinski definition) is 3. The van der Waals surface area contributed by atoms with Crippen LogP contribution >= 0.6 is 0 Å². The molecule has 0 atom stereocenters. The van der Waals surface area contributed by atoms with Gasteiger partial charge in [-0.3, -0.25) is 9.59 Å². The topological polar surface area (TPSA) is 86.2 Å². The standard InChI is InChI=1S/C11H14N2O2/c1-2-4-9(14)7-5-3-6-8(10(7)12)11(13)15/h3,5-6H,2,4,12H2,1H3,(H2,13,15). The molecule has 4 heteroatoms. The first-order valence-electron chi connectivity index (χ1n) is 4.79. The zero-order valence-corrected chi connectivity index (χ0v) is 8.62.